The number of hydrogen-bond donors (Lipinski definition) is 2. The number of nitrogens with two attached hydrogens (primary N) is 1. The van der Waals surface area contributed by atoms with Crippen molar-refractivity contribution < 1.29 is 13.2 Å². The molecule has 5 nitrogen and oxygen atoms in total. The first-order chi connectivity index (χ1) is 7.50. The SMILES string of the molecule is COc1ccc(S(N)(=O)=O)cc1NC1CC1. The van der Waals surface area contributed by atoms with Gasteiger partial charge in [0.1, 0.15) is 5.75 Å². The van der Waals surface area contributed by atoms with Gasteiger partial charge in [-0.25, -0.2) is 13.6 Å². The summed E-state index contributed by atoms with van der Waals surface area (Å²) in [5, 5.41) is 8.27. The van der Waals surface area contributed by atoms with Gasteiger partial charge >= 0.3 is 0 Å². The number of nitrogens with one attached hydrogen (secondary N) is 1. The molecule has 3 N–H and O–H groups in total. The van der Waals surface area contributed by atoms with E-state index in [1.54, 1.807) is 13.2 Å². The van der Waals surface area contributed by atoms with Gasteiger partial charge in [0.25, 0.3) is 0 Å². The van der Waals surface area contributed by atoms with E-state index in [-0.39, 0.29) is 4.90 Å². The Bertz CT molecular complexity index is 495. The van der Waals surface area contributed by atoms with Gasteiger partial charge in [-0.3, -0.25) is 0 Å². The molecule has 1 aromatic carbocycles. The van der Waals surface area contributed by atoms with Crippen LogP contribution in [0.5, 0.6) is 5.75 Å². The average Bonchev–Trinajstić information content (AvgIpc) is 3.00. The lowest BCUT2D eigenvalue weighted by Crippen LogP contribution is -2.13. The fourth-order valence-electron chi connectivity index (χ4n) is 1.42. The highest BCUT2D eigenvalue weighted by atomic mass is 32.2. The molecule has 2 rings (SSSR count). The number of ether oxygens (including phenoxy) is 1. The molecular formula is C10H14N2O3S. The standard InChI is InChI=1S/C10H14N2O3S/c1-15-10-5-4-8(16(11,13)14)6-9(10)12-7-2-3-7/h4-7,12H,2-3H2,1H3,(H2,11,13,14). The molecule has 0 spiro atoms. The van der Waals surface area contributed by atoms with Crippen molar-refractivity contribution in [3.05, 3.63) is 18.2 Å². The summed E-state index contributed by atoms with van der Waals surface area (Å²) in [5.74, 6) is 0.624. The number of methoxy groups -OCH3 is 1. The molecule has 1 fully saturated rings. The second-order valence-corrected chi connectivity index (χ2v) is 5.39. The molecule has 6 heteroatoms. The van der Waals surface area contributed by atoms with E-state index in [4.69, 9.17) is 9.88 Å². The van der Waals surface area contributed by atoms with E-state index in [1.807, 2.05) is 0 Å². The average molecular weight is 242 g/mol. The van der Waals surface area contributed by atoms with Crippen LogP contribution in [0.4, 0.5) is 5.69 Å². The summed E-state index contributed by atoms with van der Waals surface area (Å²) in [6.07, 6.45) is 2.20. The zero-order valence-corrected chi connectivity index (χ0v) is 9.75. The monoisotopic (exact) mass is 242 g/mol. The van der Waals surface area contributed by atoms with E-state index >= 15 is 0 Å². The zero-order valence-electron chi connectivity index (χ0n) is 8.93. The third-order valence-electron chi connectivity index (χ3n) is 2.44. The number of anilines is 1. The minimum atomic E-state index is -3.66. The Kier molecular flexibility index (Phi) is 2.77. The molecule has 0 bridgehead atoms. The van der Waals surface area contributed by atoms with Gasteiger partial charge in [0.2, 0.25) is 10.0 Å². The summed E-state index contributed by atoms with van der Waals surface area (Å²) in [6.45, 7) is 0. The lowest BCUT2D eigenvalue weighted by atomic mass is 10.3. The van der Waals surface area contributed by atoms with E-state index in [0.29, 0.717) is 17.5 Å². The van der Waals surface area contributed by atoms with Gasteiger partial charge in [0, 0.05) is 6.04 Å². The van der Waals surface area contributed by atoms with Gasteiger partial charge < -0.3 is 10.1 Å². The fraction of sp³-hybridized carbons (Fsp3) is 0.400. The zero-order chi connectivity index (χ0) is 11.8. The lowest BCUT2D eigenvalue weighted by Gasteiger charge is -2.11. The van der Waals surface area contributed by atoms with Crippen LogP contribution in [0.2, 0.25) is 0 Å². The largest absolute Gasteiger partial charge is 0.495 e. The van der Waals surface area contributed by atoms with Crippen LogP contribution >= 0.6 is 0 Å². The molecule has 0 amide bonds. The van der Waals surface area contributed by atoms with Crippen LogP contribution in [0, 0.1) is 0 Å². The molecule has 0 atom stereocenters. The second-order valence-electron chi connectivity index (χ2n) is 3.83. The van der Waals surface area contributed by atoms with Crippen molar-refractivity contribution in [3.63, 3.8) is 0 Å². The van der Waals surface area contributed by atoms with Crippen LogP contribution in [0.15, 0.2) is 23.1 Å². The minimum Gasteiger partial charge on any atom is -0.495 e. The molecule has 0 aromatic heterocycles. The molecule has 1 aliphatic carbocycles. The fourth-order valence-corrected chi connectivity index (χ4v) is 1.96. The van der Waals surface area contributed by atoms with Crippen molar-refractivity contribution in [2.24, 2.45) is 5.14 Å². The third-order valence-corrected chi connectivity index (χ3v) is 3.35. The second kappa shape index (κ2) is 3.95. The molecule has 0 saturated heterocycles. The van der Waals surface area contributed by atoms with Crippen LogP contribution in [0.3, 0.4) is 0 Å². The van der Waals surface area contributed by atoms with Crippen LogP contribution in [0.25, 0.3) is 0 Å². The maximum atomic E-state index is 11.2. The molecular weight excluding hydrogens is 228 g/mol. The Hall–Kier alpha value is -1.27. The van der Waals surface area contributed by atoms with Gasteiger partial charge in [-0.2, -0.15) is 0 Å². The van der Waals surface area contributed by atoms with E-state index < -0.39 is 10.0 Å². The van der Waals surface area contributed by atoms with Crippen molar-refractivity contribution in [1.29, 1.82) is 0 Å². The number of hydrogen-bond acceptors (Lipinski definition) is 4. The van der Waals surface area contributed by atoms with Crippen molar-refractivity contribution in [3.8, 4) is 5.75 Å². The molecule has 1 aliphatic rings. The molecule has 0 aliphatic heterocycles. The van der Waals surface area contributed by atoms with E-state index in [0.717, 1.165) is 12.8 Å². The van der Waals surface area contributed by atoms with Gasteiger partial charge in [0.15, 0.2) is 0 Å². The van der Waals surface area contributed by atoms with Crippen LogP contribution in [-0.2, 0) is 10.0 Å². The Balaban J connectivity index is 2.37. The van der Waals surface area contributed by atoms with Crippen molar-refractivity contribution >= 4 is 15.7 Å². The maximum absolute atomic E-state index is 11.2. The Morgan fingerprint density at radius 1 is 1.44 bits per heavy atom. The first kappa shape index (κ1) is 11.2. The van der Waals surface area contributed by atoms with E-state index in [9.17, 15) is 8.42 Å². The highest BCUT2D eigenvalue weighted by Crippen LogP contribution is 2.32. The predicted molar refractivity (Wildman–Crippen MR) is 61.0 cm³/mol. The summed E-state index contributed by atoms with van der Waals surface area (Å²) >= 11 is 0. The molecule has 0 unspecified atom stereocenters. The summed E-state index contributed by atoms with van der Waals surface area (Å²) < 4.78 is 27.5. The summed E-state index contributed by atoms with van der Waals surface area (Å²) in [5.41, 5.74) is 0.677. The highest BCUT2D eigenvalue weighted by molar-refractivity contribution is 7.89. The summed E-state index contributed by atoms with van der Waals surface area (Å²) in [7, 11) is -2.12. The molecule has 16 heavy (non-hydrogen) atoms. The first-order valence-corrected chi connectivity index (χ1v) is 6.53. The van der Waals surface area contributed by atoms with E-state index in [2.05, 4.69) is 5.32 Å². The quantitative estimate of drug-likeness (QED) is 0.822. The predicted octanol–water partition coefficient (Wildman–Crippen LogP) is 0.917. The van der Waals surface area contributed by atoms with E-state index in [1.165, 1.54) is 12.1 Å². The van der Waals surface area contributed by atoms with Gasteiger partial charge in [-0.05, 0) is 31.0 Å². The topological polar surface area (TPSA) is 81.4 Å². The summed E-state index contributed by atoms with van der Waals surface area (Å²) in [4.78, 5) is 0.0939. The maximum Gasteiger partial charge on any atom is 0.238 e. The first-order valence-electron chi connectivity index (χ1n) is 4.98. The molecule has 1 saturated carbocycles. The van der Waals surface area contributed by atoms with Gasteiger partial charge in [0.05, 0.1) is 17.7 Å². The Morgan fingerprint density at radius 2 is 2.12 bits per heavy atom. The summed E-state index contributed by atoms with van der Waals surface area (Å²) in [6, 6.07) is 4.97. The van der Waals surface area contributed by atoms with Crippen LogP contribution in [0.1, 0.15) is 12.8 Å². The van der Waals surface area contributed by atoms with Crippen molar-refractivity contribution in [1.82, 2.24) is 0 Å². The Morgan fingerprint density at radius 3 is 2.62 bits per heavy atom. The molecule has 1 aromatic rings. The van der Waals surface area contributed by atoms with Crippen LogP contribution < -0.4 is 15.2 Å². The highest BCUT2D eigenvalue weighted by Gasteiger charge is 2.23. The van der Waals surface area contributed by atoms with Gasteiger partial charge in [-0.15, -0.1) is 0 Å². The number of rotatable bonds is 4. The molecule has 0 radical (unpaired) electrons. The van der Waals surface area contributed by atoms with Gasteiger partial charge in [-0.1, -0.05) is 0 Å². The van der Waals surface area contributed by atoms with Crippen molar-refractivity contribution in [2.75, 3.05) is 12.4 Å². The van der Waals surface area contributed by atoms with Crippen LogP contribution in [-0.4, -0.2) is 21.6 Å². The number of sulfonamides is 1. The molecule has 0 heterocycles. The minimum absolute atomic E-state index is 0.0939. The third kappa shape index (κ3) is 2.45. The number of primary sulfonamides is 1. The van der Waals surface area contributed by atoms with Crippen molar-refractivity contribution in [2.45, 2.75) is 23.8 Å². The molecule has 88 valence electrons. The number of benzene rings is 1. The smallest absolute Gasteiger partial charge is 0.238 e. The normalized spacial score (nSPS) is 15.9. The Labute approximate surface area is 94.6 Å². The lowest BCUT2D eigenvalue weighted by molar-refractivity contribution is 0.416.